The number of nitrogens with zero attached hydrogens (tertiary/aromatic N) is 1. The summed E-state index contributed by atoms with van der Waals surface area (Å²) in [5.41, 5.74) is 0.934. The number of carbonyl (C=O) groups is 1. The van der Waals surface area contributed by atoms with Crippen LogP contribution in [0.15, 0.2) is 6.07 Å². The Hall–Kier alpha value is -1.36. The van der Waals surface area contributed by atoms with E-state index in [0.29, 0.717) is 5.82 Å². The van der Waals surface area contributed by atoms with Gasteiger partial charge in [0.15, 0.2) is 5.82 Å². The van der Waals surface area contributed by atoms with E-state index in [2.05, 4.69) is 15.5 Å². The standard InChI is InChI=1S/C11H17N3O2/c1-7-6-10(14-13-7)12-11(15)9-4-3-5-16-8(9)2/h6,8-9H,3-5H2,1-2H3,(H2,12,13,14,15). The molecule has 0 saturated carbocycles. The SMILES string of the molecule is Cc1cc(NC(=O)C2CCCOC2C)n[nH]1. The number of H-pyrrole nitrogens is 1. The summed E-state index contributed by atoms with van der Waals surface area (Å²) < 4.78 is 5.47. The summed E-state index contributed by atoms with van der Waals surface area (Å²) >= 11 is 0. The van der Waals surface area contributed by atoms with Crippen molar-refractivity contribution in [1.29, 1.82) is 0 Å². The van der Waals surface area contributed by atoms with Crippen LogP contribution in [0.5, 0.6) is 0 Å². The summed E-state index contributed by atoms with van der Waals surface area (Å²) in [7, 11) is 0. The molecule has 5 nitrogen and oxygen atoms in total. The molecule has 0 bridgehead atoms. The fourth-order valence-corrected chi connectivity index (χ4v) is 1.97. The van der Waals surface area contributed by atoms with E-state index in [-0.39, 0.29) is 17.9 Å². The largest absolute Gasteiger partial charge is 0.378 e. The Kier molecular flexibility index (Phi) is 3.24. The maximum absolute atomic E-state index is 11.9. The Bertz CT molecular complexity index is 375. The number of amides is 1. The maximum Gasteiger partial charge on any atom is 0.231 e. The van der Waals surface area contributed by atoms with Gasteiger partial charge < -0.3 is 10.1 Å². The van der Waals surface area contributed by atoms with Crippen molar-refractivity contribution in [3.8, 4) is 0 Å². The lowest BCUT2D eigenvalue weighted by Crippen LogP contribution is -2.36. The molecular formula is C11H17N3O2. The molecule has 1 fully saturated rings. The van der Waals surface area contributed by atoms with E-state index in [1.807, 2.05) is 19.9 Å². The monoisotopic (exact) mass is 223 g/mol. The second kappa shape index (κ2) is 4.65. The molecule has 0 radical (unpaired) electrons. The molecule has 1 aromatic heterocycles. The van der Waals surface area contributed by atoms with Gasteiger partial charge in [-0.15, -0.1) is 0 Å². The first-order valence-corrected chi connectivity index (χ1v) is 5.61. The van der Waals surface area contributed by atoms with Gasteiger partial charge in [0.25, 0.3) is 0 Å². The Balaban J connectivity index is 1.96. The number of rotatable bonds is 2. The third-order valence-corrected chi connectivity index (χ3v) is 2.90. The van der Waals surface area contributed by atoms with Gasteiger partial charge in [0.2, 0.25) is 5.91 Å². The van der Waals surface area contributed by atoms with Crippen molar-refractivity contribution in [2.24, 2.45) is 5.92 Å². The number of aromatic nitrogens is 2. The van der Waals surface area contributed by atoms with Crippen LogP contribution in [0.2, 0.25) is 0 Å². The van der Waals surface area contributed by atoms with Crippen LogP contribution >= 0.6 is 0 Å². The number of aromatic amines is 1. The molecule has 5 heteroatoms. The van der Waals surface area contributed by atoms with Crippen LogP contribution in [-0.2, 0) is 9.53 Å². The van der Waals surface area contributed by atoms with E-state index in [9.17, 15) is 4.79 Å². The van der Waals surface area contributed by atoms with Gasteiger partial charge in [0.1, 0.15) is 0 Å². The Morgan fingerprint density at radius 3 is 3.12 bits per heavy atom. The maximum atomic E-state index is 11.9. The van der Waals surface area contributed by atoms with E-state index < -0.39 is 0 Å². The lowest BCUT2D eigenvalue weighted by molar-refractivity contribution is -0.127. The summed E-state index contributed by atoms with van der Waals surface area (Å²) in [5, 5.41) is 9.57. The zero-order chi connectivity index (χ0) is 11.5. The number of anilines is 1. The van der Waals surface area contributed by atoms with Crippen LogP contribution in [0, 0.1) is 12.8 Å². The number of nitrogens with one attached hydrogen (secondary N) is 2. The summed E-state index contributed by atoms with van der Waals surface area (Å²) in [4.78, 5) is 11.9. The van der Waals surface area contributed by atoms with Crippen molar-refractivity contribution in [1.82, 2.24) is 10.2 Å². The van der Waals surface area contributed by atoms with Crippen LogP contribution in [0.25, 0.3) is 0 Å². The highest BCUT2D eigenvalue weighted by molar-refractivity contribution is 5.92. The number of hydrogen-bond acceptors (Lipinski definition) is 3. The first-order chi connectivity index (χ1) is 7.66. The zero-order valence-electron chi connectivity index (χ0n) is 9.62. The van der Waals surface area contributed by atoms with E-state index in [4.69, 9.17) is 4.74 Å². The van der Waals surface area contributed by atoms with Crippen LogP contribution in [0.1, 0.15) is 25.5 Å². The first-order valence-electron chi connectivity index (χ1n) is 5.61. The van der Waals surface area contributed by atoms with Crippen molar-refractivity contribution in [2.45, 2.75) is 32.8 Å². The van der Waals surface area contributed by atoms with Gasteiger partial charge in [0, 0.05) is 18.4 Å². The molecule has 2 rings (SSSR count). The van der Waals surface area contributed by atoms with Crippen LogP contribution in [-0.4, -0.2) is 28.8 Å². The van der Waals surface area contributed by atoms with Gasteiger partial charge in [0.05, 0.1) is 12.0 Å². The fourth-order valence-electron chi connectivity index (χ4n) is 1.97. The first kappa shape index (κ1) is 11.1. The molecule has 0 spiro atoms. The molecule has 2 N–H and O–H groups in total. The predicted octanol–water partition coefficient (Wildman–Crippen LogP) is 1.47. The lowest BCUT2D eigenvalue weighted by Gasteiger charge is -2.27. The Morgan fingerprint density at radius 2 is 2.50 bits per heavy atom. The molecule has 16 heavy (non-hydrogen) atoms. The van der Waals surface area contributed by atoms with Gasteiger partial charge >= 0.3 is 0 Å². The number of ether oxygens (including phenoxy) is 1. The highest BCUT2D eigenvalue weighted by Crippen LogP contribution is 2.21. The molecule has 2 atom stereocenters. The topological polar surface area (TPSA) is 67.0 Å². The predicted molar refractivity (Wildman–Crippen MR) is 60.1 cm³/mol. The summed E-state index contributed by atoms with van der Waals surface area (Å²) in [5.74, 6) is 0.518. The van der Waals surface area contributed by atoms with Crippen LogP contribution < -0.4 is 5.32 Å². The van der Waals surface area contributed by atoms with Gasteiger partial charge in [-0.25, -0.2) is 0 Å². The fraction of sp³-hybridized carbons (Fsp3) is 0.636. The third kappa shape index (κ3) is 2.41. The molecule has 0 aromatic carbocycles. The van der Waals surface area contributed by atoms with E-state index >= 15 is 0 Å². The van der Waals surface area contributed by atoms with Crippen molar-refractivity contribution < 1.29 is 9.53 Å². The summed E-state index contributed by atoms with van der Waals surface area (Å²) in [6.07, 6.45) is 1.83. The van der Waals surface area contributed by atoms with Crippen molar-refractivity contribution >= 4 is 11.7 Å². The van der Waals surface area contributed by atoms with E-state index in [1.54, 1.807) is 0 Å². The molecule has 1 aliphatic rings. The van der Waals surface area contributed by atoms with E-state index in [1.165, 1.54) is 0 Å². The van der Waals surface area contributed by atoms with Gasteiger partial charge in [-0.2, -0.15) is 5.10 Å². The molecule has 1 aromatic rings. The average molecular weight is 223 g/mol. The normalized spacial score (nSPS) is 25.4. The van der Waals surface area contributed by atoms with Crippen LogP contribution in [0.3, 0.4) is 0 Å². The molecule has 2 heterocycles. The molecular weight excluding hydrogens is 206 g/mol. The lowest BCUT2D eigenvalue weighted by atomic mass is 9.94. The van der Waals surface area contributed by atoms with Crippen molar-refractivity contribution in [3.63, 3.8) is 0 Å². The van der Waals surface area contributed by atoms with Crippen LogP contribution in [0.4, 0.5) is 5.82 Å². The summed E-state index contributed by atoms with van der Waals surface area (Å²) in [6, 6.07) is 1.81. The molecule has 0 aliphatic carbocycles. The molecule has 1 aliphatic heterocycles. The minimum absolute atomic E-state index is 0.00120. The third-order valence-electron chi connectivity index (χ3n) is 2.90. The number of aryl methyl sites for hydroxylation is 1. The second-order valence-corrected chi connectivity index (χ2v) is 4.25. The van der Waals surface area contributed by atoms with E-state index in [0.717, 1.165) is 25.1 Å². The van der Waals surface area contributed by atoms with Gasteiger partial charge in [-0.3, -0.25) is 9.89 Å². The minimum atomic E-state index is -0.0641. The Labute approximate surface area is 94.6 Å². The second-order valence-electron chi connectivity index (χ2n) is 4.25. The quantitative estimate of drug-likeness (QED) is 0.797. The Morgan fingerprint density at radius 1 is 1.69 bits per heavy atom. The van der Waals surface area contributed by atoms with Gasteiger partial charge in [-0.1, -0.05) is 0 Å². The highest BCUT2D eigenvalue weighted by atomic mass is 16.5. The molecule has 1 saturated heterocycles. The molecule has 1 amide bonds. The van der Waals surface area contributed by atoms with Crippen molar-refractivity contribution in [2.75, 3.05) is 11.9 Å². The molecule has 88 valence electrons. The number of carbonyl (C=O) groups excluding carboxylic acids is 1. The average Bonchev–Trinajstić information content (AvgIpc) is 2.64. The highest BCUT2D eigenvalue weighted by Gasteiger charge is 2.28. The zero-order valence-corrected chi connectivity index (χ0v) is 9.62. The van der Waals surface area contributed by atoms with Crippen molar-refractivity contribution in [3.05, 3.63) is 11.8 Å². The molecule has 2 unspecified atom stereocenters. The summed E-state index contributed by atoms with van der Waals surface area (Å²) in [6.45, 7) is 4.60. The smallest absolute Gasteiger partial charge is 0.231 e. The number of hydrogen-bond donors (Lipinski definition) is 2. The van der Waals surface area contributed by atoms with Gasteiger partial charge in [-0.05, 0) is 26.7 Å². The minimum Gasteiger partial charge on any atom is -0.378 e.